The Bertz CT molecular complexity index is 527. The summed E-state index contributed by atoms with van der Waals surface area (Å²) in [4.78, 5) is 19.6. The van der Waals surface area contributed by atoms with E-state index in [1.807, 2.05) is 0 Å². The van der Waals surface area contributed by atoms with Crippen molar-refractivity contribution in [3.63, 3.8) is 0 Å². The molecule has 157 valence electrons. The molecule has 0 unspecified atom stereocenters. The zero-order chi connectivity index (χ0) is 21.7. The monoisotopic (exact) mass is 469 g/mol. The minimum absolute atomic E-state index is 0. The smallest absolute Gasteiger partial charge is 0.869 e. The van der Waals surface area contributed by atoms with Gasteiger partial charge in [0.15, 0.2) is 0 Å². The molecule has 0 saturated heterocycles. The van der Waals surface area contributed by atoms with E-state index in [4.69, 9.17) is 0 Å². The largest absolute Gasteiger partial charge is 2.00 e. The minimum atomic E-state index is -5.46. The van der Waals surface area contributed by atoms with Gasteiger partial charge in [-0.2, -0.15) is 52.7 Å². The molecular formula is C10H2F12MnO4. The number of allylic oxidation sites excluding steroid dienone is 4. The molecular weight excluding hydrogens is 467 g/mol. The van der Waals surface area contributed by atoms with Gasteiger partial charge < -0.3 is 10.2 Å². The van der Waals surface area contributed by atoms with E-state index in [0.717, 1.165) is 0 Å². The van der Waals surface area contributed by atoms with Crippen molar-refractivity contribution in [2.75, 3.05) is 0 Å². The van der Waals surface area contributed by atoms with E-state index in [9.17, 15) is 72.5 Å². The van der Waals surface area contributed by atoms with E-state index in [1.54, 1.807) is 0 Å². The Morgan fingerprint density at radius 1 is 0.519 bits per heavy atom. The Hall–Kier alpha value is -1.90. The van der Waals surface area contributed by atoms with Crippen LogP contribution in [0.2, 0.25) is 0 Å². The van der Waals surface area contributed by atoms with Crippen LogP contribution >= 0.6 is 0 Å². The second-order valence-electron chi connectivity index (χ2n) is 3.74. The number of halogens is 12. The van der Waals surface area contributed by atoms with Gasteiger partial charge in [-0.15, -0.1) is 0 Å². The Morgan fingerprint density at radius 3 is 0.815 bits per heavy atom. The van der Waals surface area contributed by atoms with Crippen LogP contribution in [0.1, 0.15) is 0 Å². The molecule has 27 heavy (non-hydrogen) atoms. The van der Waals surface area contributed by atoms with Gasteiger partial charge in [0.2, 0.25) is 0 Å². The molecule has 0 aliphatic rings. The molecule has 0 aromatic heterocycles. The Balaban J connectivity index is -0.000000411. The molecule has 0 amide bonds. The van der Waals surface area contributed by atoms with Gasteiger partial charge in [-0.25, -0.2) is 0 Å². The van der Waals surface area contributed by atoms with Crippen LogP contribution in [0.3, 0.4) is 0 Å². The van der Waals surface area contributed by atoms with E-state index < -0.39 is 59.9 Å². The maximum atomic E-state index is 11.3. The molecule has 0 aliphatic carbocycles. The van der Waals surface area contributed by atoms with E-state index in [0.29, 0.717) is 0 Å². The van der Waals surface area contributed by atoms with Crippen LogP contribution in [0, 0.1) is 0 Å². The van der Waals surface area contributed by atoms with E-state index in [2.05, 4.69) is 0 Å². The van der Waals surface area contributed by atoms with Gasteiger partial charge in [0.05, 0.1) is 0 Å². The first-order valence-corrected chi connectivity index (χ1v) is 5.24. The summed E-state index contributed by atoms with van der Waals surface area (Å²) in [6.07, 6.45) is -23.9. The van der Waals surface area contributed by atoms with Gasteiger partial charge in [-0.1, -0.05) is 0 Å². The van der Waals surface area contributed by atoms with Crippen LogP contribution < -0.4 is 10.2 Å². The molecule has 0 aromatic carbocycles. The van der Waals surface area contributed by atoms with Crippen LogP contribution in [-0.2, 0) is 26.7 Å². The molecule has 0 N–H and O–H groups in total. The Labute approximate surface area is 150 Å². The predicted octanol–water partition coefficient (Wildman–Crippen LogP) is 1.85. The number of alkyl halides is 12. The van der Waals surface area contributed by atoms with Crippen molar-refractivity contribution in [2.45, 2.75) is 24.7 Å². The number of carbonyl (C=O) groups excluding carboxylic acids is 2. The van der Waals surface area contributed by atoms with Crippen LogP contribution in [0.25, 0.3) is 0 Å². The van der Waals surface area contributed by atoms with Crippen LogP contribution in [0.4, 0.5) is 52.7 Å². The standard InChI is InChI=1S/2C5H2F6O2.Mn/c2*6-4(7,8)2(12)1-3(13)5(9,10)11;/h2*1,12H;/q;;+2/p-2/b2-1+;2-1-;. The minimum Gasteiger partial charge on any atom is -0.869 e. The van der Waals surface area contributed by atoms with Crippen molar-refractivity contribution in [2.24, 2.45) is 0 Å². The first-order valence-electron chi connectivity index (χ1n) is 5.24. The van der Waals surface area contributed by atoms with E-state index in [1.165, 1.54) is 0 Å². The van der Waals surface area contributed by atoms with Gasteiger partial charge in [0.1, 0.15) is 0 Å². The van der Waals surface area contributed by atoms with Crippen molar-refractivity contribution < 1.29 is 89.6 Å². The van der Waals surface area contributed by atoms with E-state index >= 15 is 0 Å². The SMILES string of the molecule is O=C(/C=C(/[O-])C(F)(F)F)C(F)(F)F.O=C(/C=C(\[O-])C(F)(F)F)C(F)(F)F.[Mn+2]. The average Bonchev–Trinajstić information content (AvgIpc) is 2.34. The number of hydrogen-bond donors (Lipinski definition) is 0. The molecule has 0 fully saturated rings. The summed E-state index contributed by atoms with van der Waals surface area (Å²) < 4.78 is 136. The molecule has 0 bridgehead atoms. The molecule has 0 heterocycles. The maximum absolute atomic E-state index is 11.3. The number of ketones is 2. The van der Waals surface area contributed by atoms with Crippen molar-refractivity contribution in [1.29, 1.82) is 0 Å². The van der Waals surface area contributed by atoms with Crippen molar-refractivity contribution in [3.05, 3.63) is 23.7 Å². The summed E-state index contributed by atoms with van der Waals surface area (Å²) in [5.74, 6) is -11.3. The topological polar surface area (TPSA) is 80.3 Å². The zero-order valence-electron chi connectivity index (χ0n) is 11.7. The van der Waals surface area contributed by atoms with Crippen LogP contribution in [-0.4, -0.2) is 36.3 Å². The van der Waals surface area contributed by atoms with Gasteiger partial charge in [-0.3, -0.25) is 9.59 Å². The third kappa shape index (κ3) is 13.0. The molecule has 0 aromatic rings. The fourth-order valence-corrected chi connectivity index (χ4v) is 0.565. The number of hydrogen-bond acceptors (Lipinski definition) is 4. The third-order valence-electron chi connectivity index (χ3n) is 1.64. The third-order valence-corrected chi connectivity index (χ3v) is 1.64. The molecule has 0 saturated carbocycles. The predicted molar refractivity (Wildman–Crippen MR) is 50.4 cm³/mol. The zero-order valence-corrected chi connectivity index (χ0v) is 12.9. The Morgan fingerprint density at radius 2 is 0.704 bits per heavy atom. The summed E-state index contributed by atoms with van der Waals surface area (Å²) in [7, 11) is 0. The summed E-state index contributed by atoms with van der Waals surface area (Å²) in [5, 5.41) is 19.6. The van der Waals surface area contributed by atoms with Crippen LogP contribution in [0.15, 0.2) is 23.7 Å². The summed E-state index contributed by atoms with van der Waals surface area (Å²) in [6.45, 7) is 0. The van der Waals surface area contributed by atoms with Crippen molar-refractivity contribution in [1.82, 2.24) is 0 Å². The molecule has 0 rings (SSSR count). The normalized spacial score (nSPS) is 13.9. The molecule has 0 spiro atoms. The van der Waals surface area contributed by atoms with Gasteiger partial charge >= 0.3 is 41.8 Å². The average molecular weight is 469 g/mol. The van der Waals surface area contributed by atoms with Gasteiger partial charge in [0, 0.05) is 0 Å². The summed E-state index contributed by atoms with van der Waals surface area (Å²) in [5.41, 5.74) is 0. The fourth-order valence-electron chi connectivity index (χ4n) is 0.565. The molecule has 0 aliphatic heterocycles. The Kier molecular flexibility index (Phi) is 10.9. The number of carbonyl (C=O) groups is 2. The summed E-state index contributed by atoms with van der Waals surface area (Å²) in [6, 6.07) is 0. The van der Waals surface area contributed by atoms with E-state index in [-0.39, 0.29) is 17.1 Å². The quantitative estimate of drug-likeness (QED) is 0.268. The van der Waals surface area contributed by atoms with Crippen molar-refractivity contribution in [3.8, 4) is 0 Å². The van der Waals surface area contributed by atoms with Crippen LogP contribution in [0.5, 0.6) is 0 Å². The second kappa shape index (κ2) is 9.87. The first-order chi connectivity index (χ1) is 11.1. The molecule has 17 heteroatoms. The van der Waals surface area contributed by atoms with Gasteiger partial charge in [-0.05, 0) is 23.7 Å². The molecule has 1 radical (unpaired) electrons. The first kappa shape index (κ1) is 29.8. The van der Waals surface area contributed by atoms with Gasteiger partial charge in [0.25, 0.3) is 11.6 Å². The summed E-state index contributed by atoms with van der Waals surface area (Å²) >= 11 is 0. The molecule has 0 atom stereocenters. The maximum Gasteiger partial charge on any atom is 2.00 e. The van der Waals surface area contributed by atoms with Crippen molar-refractivity contribution >= 4 is 11.6 Å². The number of rotatable bonds is 2. The fraction of sp³-hybridized carbons (Fsp3) is 0.400. The molecule has 4 nitrogen and oxygen atoms in total. The second-order valence-corrected chi connectivity index (χ2v) is 3.74.